The SMILES string of the molecule is O=C(N[C@H]1CCC[C@H]1C(=O)O)c1cc(Cl)ccc1F. The largest absolute Gasteiger partial charge is 0.481 e. The fourth-order valence-corrected chi connectivity index (χ4v) is 2.52. The van der Waals surface area contributed by atoms with E-state index in [0.717, 1.165) is 12.5 Å². The van der Waals surface area contributed by atoms with Crippen molar-refractivity contribution in [1.29, 1.82) is 0 Å². The summed E-state index contributed by atoms with van der Waals surface area (Å²) in [5.41, 5.74) is -0.163. The standard InChI is InChI=1S/C13H13ClFNO3/c14-7-4-5-10(15)9(6-7)12(17)16-11-3-1-2-8(11)13(18)19/h4-6,8,11H,1-3H2,(H,16,17)(H,18,19)/t8-,11+/m1/s1. The first-order chi connectivity index (χ1) is 8.99. The van der Waals surface area contributed by atoms with Gasteiger partial charge in [0, 0.05) is 11.1 Å². The van der Waals surface area contributed by atoms with Crippen molar-refractivity contribution in [3.8, 4) is 0 Å². The quantitative estimate of drug-likeness (QED) is 0.896. The molecule has 1 aromatic carbocycles. The summed E-state index contributed by atoms with van der Waals surface area (Å²) < 4.78 is 13.5. The first-order valence-electron chi connectivity index (χ1n) is 5.98. The van der Waals surface area contributed by atoms with Gasteiger partial charge in [-0.25, -0.2) is 4.39 Å². The topological polar surface area (TPSA) is 66.4 Å². The van der Waals surface area contributed by atoms with Gasteiger partial charge < -0.3 is 10.4 Å². The number of benzene rings is 1. The van der Waals surface area contributed by atoms with Gasteiger partial charge in [-0.05, 0) is 31.0 Å². The minimum absolute atomic E-state index is 0.163. The van der Waals surface area contributed by atoms with Gasteiger partial charge in [-0.1, -0.05) is 18.0 Å². The molecular formula is C13H13ClFNO3. The van der Waals surface area contributed by atoms with E-state index in [0.29, 0.717) is 12.8 Å². The van der Waals surface area contributed by atoms with Gasteiger partial charge in [0.05, 0.1) is 11.5 Å². The molecular weight excluding hydrogens is 273 g/mol. The Morgan fingerprint density at radius 3 is 2.79 bits per heavy atom. The molecule has 19 heavy (non-hydrogen) atoms. The average Bonchev–Trinajstić information content (AvgIpc) is 2.80. The number of nitrogens with one attached hydrogen (secondary N) is 1. The van der Waals surface area contributed by atoms with Crippen molar-refractivity contribution in [2.45, 2.75) is 25.3 Å². The molecule has 2 atom stereocenters. The van der Waals surface area contributed by atoms with Crippen molar-refractivity contribution >= 4 is 23.5 Å². The number of carboxylic acid groups (broad SMARTS) is 1. The maximum absolute atomic E-state index is 13.5. The van der Waals surface area contributed by atoms with Crippen molar-refractivity contribution in [3.63, 3.8) is 0 Å². The van der Waals surface area contributed by atoms with Crippen LogP contribution in [0.1, 0.15) is 29.6 Å². The lowest BCUT2D eigenvalue weighted by Crippen LogP contribution is -2.40. The summed E-state index contributed by atoms with van der Waals surface area (Å²) in [6.45, 7) is 0. The fourth-order valence-electron chi connectivity index (χ4n) is 2.35. The van der Waals surface area contributed by atoms with Gasteiger partial charge in [0.15, 0.2) is 0 Å². The minimum Gasteiger partial charge on any atom is -0.481 e. The van der Waals surface area contributed by atoms with Crippen LogP contribution in [0.3, 0.4) is 0 Å². The summed E-state index contributed by atoms with van der Waals surface area (Å²) in [6, 6.07) is 3.24. The normalized spacial score (nSPS) is 22.2. The molecule has 1 saturated carbocycles. The molecule has 0 aliphatic heterocycles. The summed E-state index contributed by atoms with van der Waals surface area (Å²) in [6.07, 6.45) is 1.85. The molecule has 4 nitrogen and oxygen atoms in total. The molecule has 0 heterocycles. The van der Waals surface area contributed by atoms with Crippen molar-refractivity contribution in [3.05, 3.63) is 34.6 Å². The minimum atomic E-state index is -0.936. The number of hydrogen-bond donors (Lipinski definition) is 2. The van der Waals surface area contributed by atoms with E-state index < -0.39 is 29.7 Å². The maximum Gasteiger partial charge on any atom is 0.308 e. The van der Waals surface area contributed by atoms with Gasteiger partial charge in [-0.2, -0.15) is 0 Å². The van der Waals surface area contributed by atoms with Crippen LogP contribution in [0.5, 0.6) is 0 Å². The number of rotatable bonds is 3. The van der Waals surface area contributed by atoms with Crippen LogP contribution < -0.4 is 5.32 Å². The van der Waals surface area contributed by atoms with Crippen molar-refractivity contribution in [2.24, 2.45) is 5.92 Å². The summed E-state index contributed by atoms with van der Waals surface area (Å²) in [7, 11) is 0. The lowest BCUT2D eigenvalue weighted by atomic mass is 10.0. The molecule has 102 valence electrons. The Kier molecular flexibility index (Phi) is 4.04. The molecule has 1 aliphatic carbocycles. The molecule has 1 fully saturated rings. The highest BCUT2D eigenvalue weighted by Crippen LogP contribution is 2.26. The van der Waals surface area contributed by atoms with Crippen molar-refractivity contribution in [1.82, 2.24) is 5.32 Å². The van der Waals surface area contributed by atoms with Crippen LogP contribution in [0, 0.1) is 11.7 Å². The zero-order valence-electron chi connectivity index (χ0n) is 10.0. The molecule has 6 heteroatoms. The zero-order valence-corrected chi connectivity index (χ0v) is 10.8. The second-order valence-electron chi connectivity index (χ2n) is 4.58. The van der Waals surface area contributed by atoms with E-state index in [2.05, 4.69) is 5.32 Å². The zero-order chi connectivity index (χ0) is 14.0. The Labute approximate surface area is 114 Å². The van der Waals surface area contributed by atoms with E-state index in [1.165, 1.54) is 12.1 Å². The number of aliphatic carboxylic acids is 1. The van der Waals surface area contributed by atoms with Gasteiger partial charge in [0.1, 0.15) is 5.82 Å². The highest BCUT2D eigenvalue weighted by molar-refractivity contribution is 6.31. The van der Waals surface area contributed by atoms with Crippen LogP contribution in [0.4, 0.5) is 4.39 Å². The first kappa shape index (κ1) is 13.8. The van der Waals surface area contributed by atoms with Crippen LogP contribution in [0.25, 0.3) is 0 Å². The molecule has 0 spiro atoms. The van der Waals surface area contributed by atoms with Crippen molar-refractivity contribution in [2.75, 3.05) is 0 Å². The maximum atomic E-state index is 13.5. The number of amides is 1. The second kappa shape index (κ2) is 5.57. The second-order valence-corrected chi connectivity index (χ2v) is 5.02. The van der Waals surface area contributed by atoms with E-state index in [1.807, 2.05) is 0 Å². The lowest BCUT2D eigenvalue weighted by molar-refractivity contribution is -0.142. The smallest absolute Gasteiger partial charge is 0.308 e. The van der Waals surface area contributed by atoms with E-state index in [1.54, 1.807) is 0 Å². The third-order valence-corrected chi connectivity index (χ3v) is 3.56. The van der Waals surface area contributed by atoms with Gasteiger partial charge >= 0.3 is 5.97 Å². The molecule has 0 aromatic heterocycles. The lowest BCUT2D eigenvalue weighted by Gasteiger charge is -2.17. The molecule has 2 N–H and O–H groups in total. The fraction of sp³-hybridized carbons (Fsp3) is 0.385. The van der Waals surface area contributed by atoms with Gasteiger partial charge in [0.2, 0.25) is 0 Å². The van der Waals surface area contributed by atoms with E-state index in [-0.39, 0.29) is 10.6 Å². The molecule has 1 aliphatic rings. The van der Waals surface area contributed by atoms with Crippen LogP contribution in [0.2, 0.25) is 5.02 Å². The Bertz CT molecular complexity index is 521. The summed E-state index contributed by atoms with van der Waals surface area (Å²) >= 11 is 5.72. The van der Waals surface area contributed by atoms with Crippen LogP contribution in [-0.4, -0.2) is 23.0 Å². The Morgan fingerprint density at radius 2 is 2.11 bits per heavy atom. The predicted molar refractivity (Wildman–Crippen MR) is 67.6 cm³/mol. The summed E-state index contributed by atoms with van der Waals surface area (Å²) in [4.78, 5) is 22.9. The molecule has 0 bridgehead atoms. The Balaban J connectivity index is 2.12. The summed E-state index contributed by atoms with van der Waals surface area (Å²) in [5, 5.41) is 11.9. The van der Waals surface area contributed by atoms with Gasteiger partial charge in [-0.3, -0.25) is 9.59 Å². The number of carbonyl (C=O) groups is 2. The monoisotopic (exact) mass is 285 g/mol. The number of carbonyl (C=O) groups excluding carboxylic acids is 1. The highest BCUT2D eigenvalue weighted by atomic mass is 35.5. The van der Waals surface area contributed by atoms with E-state index in [9.17, 15) is 14.0 Å². The third-order valence-electron chi connectivity index (χ3n) is 3.32. The predicted octanol–water partition coefficient (Wildman–Crippen LogP) is 2.46. The van der Waals surface area contributed by atoms with Crippen LogP contribution in [0.15, 0.2) is 18.2 Å². The number of halogens is 2. The van der Waals surface area contributed by atoms with Gasteiger partial charge in [0.25, 0.3) is 5.91 Å². The molecule has 0 saturated heterocycles. The molecule has 0 unspecified atom stereocenters. The van der Waals surface area contributed by atoms with Crippen LogP contribution >= 0.6 is 11.6 Å². The Hall–Kier alpha value is -1.62. The first-order valence-corrected chi connectivity index (χ1v) is 6.35. The van der Waals surface area contributed by atoms with Gasteiger partial charge in [-0.15, -0.1) is 0 Å². The molecule has 2 rings (SSSR count). The molecule has 1 aromatic rings. The van der Waals surface area contributed by atoms with Crippen molar-refractivity contribution < 1.29 is 19.1 Å². The highest BCUT2D eigenvalue weighted by Gasteiger charge is 2.34. The third kappa shape index (κ3) is 3.04. The molecule has 1 amide bonds. The number of hydrogen-bond acceptors (Lipinski definition) is 2. The Morgan fingerprint density at radius 1 is 1.37 bits per heavy atom. The van der Waals surface area contributed by atoms with E-state index in [4.69, 9.17) is 16.7 Å². The van der Waals surface area contributed by atoms with Crippen LogP contribution in [-0.2, 0) is 4.79 Å². The summed E-state index contributed by atoms with van der Waals surface area (Å²) in [5.74, 6) is -2.84. The van der Waals surface area contributed by atoms with E-state index >= 15 is 0 Å². The molecule has 0 radical (unpaired) electrons. The average molecular weight is 286 g/mol. The number of carboxylic acids is 1.